The maximum Gasteiger partial charge on any atom is 0.302 e. The molecule has 0 radical (unpaired) electrons. The minimum Gasteiger partial charge on any atom is -0.461 e. The topological polar surface area (TPSA) is 43.4 Å². The molecule has 0 spiro atoms. The van der Waals surface area contributed by atoms with Gasteiger partial charge in [0.1, 0.15) is 12.4 Å². The largest absolute Gasteiger partial charge is 0.461 e. The van der Waals surface area contributed by atoms with Crippen molar-refractivity contribution < 1.29 is 14.3 Å². The Balaban J connectivity index is -0.0000000892. The van der Waals surface area contributed by atoms with Gasteiger partial charge in [0.2, 0.25) is 0 Å². The third kappa shape index (κ3) is 32.1. The Bertz CT molecular complexity index is 420. The molecule has 3 nitrogen and oxygen atoms in total. The van der Waals surface area contributed by atoms with Gasteiger partial charge in [-0.15, -0.1) is 12.8 Å². The number of hydrogen-bond donors (Lipinski definition) is 0. The molecule has 0 bridgehead atoms. The van der Waals surface area contributed by atoms with Crippen LogP contribution >= 0.6 is 0 Å². The molecule has 1 aromatic rings. The highest BCUT2D eigenvalue weighted by Crippen LogP contribution is 2.09. The summed E-state index contributed by atoms with van der Waals surface area (Å²) < 4.78 is 4.79. The van der Waals surface area contributed by atoms with Gasteiger partial charge in [-0.2, -0.15) is 0 Å². The SMILES string of the molecule is C#C.CC.CC.CC.CC(=O)C(C)C(C)C.CC(=O)OCc1ccccc1. The first-order valence-electron chi connectivity index (χ1n) is 9.85. The van der Waals surface area contributed by atoms with Crippen LogP contribution in [0.3, 0.4) is 0 Å². The van der Waals surface area contributed by atoms with Crippen molar-refractivity contribution in [3.05, 3.63) is 35.9 Å². The number of carbonyl (C=O) groups is 2. The van der Waals surface area contributed by atoms with Gasteiger partial charge in [0.25, 0.3) is 0 Å². The second-order valence-corrected chi connectivity index (χ2v) is 4.91. The van der Waals surface area contributed by atoms with Crippen LogP contribution in [0.2, 0.25) is 0 Å². The Morgan fingerprint density at radius 2 is 1.22 bits per heavy atom. The summed E-state index contributed by atoms with van der Waals surface area (Å²) in [5.74, 6) is 0.774. The number of hydrogen-bond acceptors (Lipinski definition) is 3. The Morgan fingerprint density at radius 3 is 1.44 bits per heavy atom. The molecule has 0 fully saturated rings. The highest BCUT2D eigenvalue weighted by Gasteiger charge is 2.10. The minimum atomic E-state index is -0.242. The Hall–Kier alpha value is -2.08. The zero-order chi connectivity index (χ0) is 22.8. The van der Waals surface area contributed by atoms with Crippen LogP contribution in [0.15, 0.2) is 30.3 Å². The van der Waals surface area contributed by atoms with Crippen LogP contribution in [0.5, 0.6) is 0 Å². The van der Waals surface area contributed by atoms with Gasteiger partial charge in [0.05, 0.1) is 0 Å². The average molecular weight is 381 g/mol. The van der Waals surface area contributed by atoms with Crippen molar-refractivity contribution in [3.8, 4) is 12.8 Å². The number of ketones is 1. The summed E-state index contributed by atoms with van der Waals surface area (Å²) in [6.45, 7) is 21.5. The van der Waals surface area contributed by atoms with Crippen molar-refractivity contribution in [1.29, 1.82) is 0 Å². The maximum absolute atomic E-state index is 10.6. The van der Waals surface area contributed by atoms with Gasteiger partial charge >= 0.3 is 5.97 Å². The number of carbonyl (C=O) groups excluding carboxylic acids is 2. The molecule has 0 aliphatic heterocycles. The highest BCUT2D eigenvalue weighted by atomic mass is 16.5. The van der Waals surface area contributed by atoms with E-state index in [2.05, 4.69) is 26.7 Å². The first-order chi connectivity index (χ1) is 12.8. The normalized spacial score (nSPS) is 8.67. The van der Waals surface area contributed by atoms with Gasteiger partial charge < -0.3 is 4.74 Å². The molecule has 0 aromatic heterocycles. The second kappa shape index (κ2) is 31.7. The van der Waals surface area contributed by atoms with E-state index in [1.54, 1.807) is 6.92 Å². The lowest BCUT2D eigenvalue weighted by Gasteiger charge is -2.09. The molecule has 0 amide bonds. The van der Waals surface area contributed by atoms with Crippen LogP contribution in [0.25, 0.3) is 0 Å². The lowest BCUT2D eigenvalue weighted by Crippen LogP contribution is -2.12. The standard InChI is InChI=1S/C9H10O2.C7H14O.3C2H6.C2H2/c1-8(10)11-7-9-5-3-2-4-6-9;1-5(2)6(3)7(4)8;4*1-2/h2-6H,7H2,1H3;5-6H,1-4H3;3*1-2H3;1-2H. The number of Topliss-reactive ketones (excluding diaryl/α,β-unsaturated/α-hetero) is 1. The van der Waals surface area contributed by atoms with Crippen molar-refractivity contribution in [1.82, 2.24) is 0 Å². The van der Waals surface area contributed by atoms with Gasteiger partial charge in [-0.25, -0.2) is 0 Å². The van der Waals surface area contributed by atoms with Gasteiger partial charge in [-0.05, 0) is 18.4 Å². The lowest BCUT2D eigenvalue weighted by atomic mass is 9.95. The number of rotatable bonds is 4. The smallest absolute Gasteiger partial charge is 0.302 e. The highest BCUT2D eigenvalue weighted by molar-refractivity contribution is 5.78. The van der Waals surface area contributed by atoms with E-state index < -0.39 is 0 Å². The molecule has 0 saturated carbocycles. The average Bonchev–Trinajstić information content (AvgIpc) is 2.73. The number of ether oxygens (including phenoxy) is 1. The molecule has 158 valence electrons. The van der Waals surface area contributed by atoms with Crippen molar-refractivity contribution in [2.24, 2.45) is 11.8 Å². The fourth-order valence-corrected chi connectivity index (χ4v) is 1.23. The Kier molecular flexibility index (Phi) is 42.1. The molecule has 0 aliphatic rings. The van der Waals surface area contributed by atoms with E-state index in [-0.39, 0.29) is 11.9 Å². The third-order valence-electron chi connectivity index (χ3n) is 2.93. The van der Waals surface area contributed by atoms with E-state index in [9.17, 15) is 9.59 Å². The third-order valence-corrected chi connectivity index (χ3v) is 2.93. The molecule has 27 heavy (non-hydrogen) atoms. The fourth-order valence-electron chi connectivity index (χ4n) is 1.23. The van der Waals surface area contributed by atoms with E-state index in [1.165, 1.54) is 6.92 Å². The first kappa shape index (κ1) is 35.9. The molecule has 3 heteroatoms. The van der Waals surface area contributed by atoms with Crippen LogP contribution in [0.4, 0.5) is 0 Å². The number of esters is 1. The predicted octanol–water partition coefficient (Wildman–Crippen LogP) is 6.95. The molecular formula is C24H44O3. The van der Waals surface area contributed by atoms with Crippen LogP contribution in [0, 0.1) is 24.7 Å². The molecule has 1 atom stereocenters. The summed E-state index contributed by atoms with van der Waals surface area (Å²) in [5, 5.41) is 0. The molecule has 1 rings (SSSR count). The van der Waals surface area contributed by atoms with E-state index >= 15 is 0 Å². The number of benzene rings is 1. The van der Waals surface area contributed by atoms with E-state index in [0.717, 1.165) is 5.56 Å². The molecule has 0 aliphatic carbocycles. The molecular weight excluding hydrogens is 336 g/mol. The minimum absolute atomic E-state index is 0.231. The van der Waals surface area contributed by atoms with Gasteiger partial charge in [-0.3, -0.25) is 9.59 Å². The summed E-state index contributed by atoms with van der Waals surface area (Å²) in [6.07, 6.45) is 8.00. The van der Waals surface area contributed by atoms with E-state index in [0.29, 0.717) is 18.3 Å². The summed E-state index contributed by atoms with van der Waals surface area (Å²) in [7, 11) is 0. The lowest BCUT2D eigenvalue weighted by molar-refractivity contribution is -0.142. The molecule has 1 aromatic carbocycles. The van der Waals surface area contributed by atoms with Crippen molar-refractivity contribution in [3.63, 3.8) is 0 Å². The van der Waals surface area contributed by atoms with Crippen molar-refractivity contribution in [2.45, 2.75) is 82.8 Å². The monoisotopic (exact) mass is 380 g/mol. The maximum atomic E-state index is 10.6. The van der Waals surface area contributed by atoms with Gasteiger partial charge in [0, 0.05) is 12.8 Å². The molecule has 0 heterocycles. The van der Waals surface area contributed by atoms with Crippen LogP contribution in [-0.2, 0) is 20.9 Å². The summed E-state index contributed by atoms with van der Waals surface area (Å²) in [6, 6.07) is 9.60. The van der Waals surface area contributed by atoms with Crippen LogP contribution < -0.4 is 0 Å². The van der Waals surface area contributed by atoms with Crippen molar-refractivity contribution >= 4 is 11.8 Å². The quantitative estimate of drug-likeness (QED) is 0.419. The summed E-state index contributed by atoms with van der Waals surface area (Å²) in [4.78, 5) is 21.0. The van der Waals surface area contributed by atoms with Crippen LogP contribution in [0.1, 0.15) is 81.7 Å². The van der Waals surface area contributed by atoms with Crippen LogP contribution in [-0.4, -0.2) is 11.8 Å². The predicted molar refractivity (Wildman–Crippen MR) is 121 cm³/mol. The molecule has 0 N–H and O–H groups in total. The molecule has 0 saturated heterocycles. The first-order valence-corrected chi connectivity index (χ1v) is 9.85. The Morgan fingerprint density at radius 1 is 0.852 bits per heavy atom. The van der Waals surface area contributed by atoms with Gasteiger partial charge in [0.15, 0.2) is 0 Å². The zero-order valence-corrected chi connectivity index (χ0v) is 19.6. The van der Waals surface area contributed by atoms with E-state index in [4.69, 9.17) is 4.74 Å². The van der Waals surface area contributed by atoms with Gasteiger partial charge in [-0.1, -0.05) is 92.6 Å². The Labute approximate surface area is 169 Å². The van der Waals surface area contributed by atoms with E-state index in [1.807, 2.05) is 78.8 Å². The fraction of sp³-hybridized carbons (Fsp3) is 0.583. The molecule has 1 unspecified atom stereocenters. The second-order valence-electron chi connectivity index (χ2n) is 4.91. The summed E-state index contributed by atoms with van der Waals surface area (Å²) >= 11 is 0. The summed E-state index contributed by atoms with van der Waals surface area (Å²) in [5.41, 5.74) is 1.02. The number of terminal acetylenes is 1. The van der Waals surface area contributed by atoms with Crippen molar-refractivity contribution in [2.75, 3.05) is 0 Å². The zero-order valence-electron chi connectivity index (χ0n) is 19.6.